The highest BCUT2D eigenvalue weighted by molar-refractivity contribution is 5.92. The van der Waals surface area contributed by atoms with Gasteiger partial charge in [0, 0.05) is 24.3 Å². The Balaban J connectivity index is 2.28. The van der Waals surface area contributed by atoms with Crippen LogP contribution in [-0.4, -0.2) is 29.1 Å². The summed E-state index contributed by atoms with van der Waals surface area (Å²) in [5.74, 6) is 1.77. The van der Waals surface area contributed by atoms with Gasteiger partial charge in [0.1, 0.15) is 5.82 Å². The van der Waals surface area contributed by atoms with Gasteiger partial charge in [0.25, 0.3) is 0 Å². The van der Waals surface area contributed by atoms with E-state index in [2.05, 4.69) is 20.3 Å². The van der Waals surface area contributed by atoms with E-state index in [0.717, 1.165) is 22.3 Å². The molecule has 21 heavy (non-hydrogen) atoms. The Morgan fingerprint density at radius 1 is 1.19 bits per heavy atom. The lowest BCUT2D eigenvalue weighted by Crippen LogP contribution is -2.01. The zero-order valence-corrected chi connectivity index (χ0v) is 11.8. The molecule has 0 amide bonds. The number of rotatable bonds is 3. The number of hydrogen-bond donors (Lipinski definition) is 2. The van der Waals surface area contributed by atoms with Crippen molar-refractivity contribution in [1.82, 2.24) is 15.0 Å². The number of anilines is 2. The lowest BCUT2D eigenvalue weighted by Gasteiger charge is -2.10. The fraction of sp³-hybridized carbons (Fsp3) is 0.133. The topological polar surface area (TPSA) is 86.0 Å². The van der Waals surface area contributed by atoms with Crippen LogP contribution in [0.5, 0.6) is 5.88 Å². The molecule has 2 heterocycles. The Morgan fingerprint density at radius 2 is 2.05 bits per heavy atom. The number of aromatic nitrogens is 3. The Morgan fingerprint density at radius 3 is 2.81 bits per heavy atom. The van der Waals surface area contributed by atoms with E-state index >= 15 is 0 Å². The van der Waals surface area contributed by atoms with Crippen LogP contribution in [0.15, 0.2) is 36.5 Å². The van der Waals surface area contributed by atoms with Crippen molar-refractivity contribution in [2.24, 2.45) is 0 Å². The van der Waals surface area contributed by atoms with Crippen LogP contribution in [0.1, 0.15) is 0 Å². The van der Waals surface area contributed by atoms with Gasteiger partial charge in [-0.1, -0.05) is 0 Å². The first-order chi connectivity index (χ1) is 10.2. The molecular weight excluding hydrogens is 266 g/mol. The van der Waals surface area contributed by atoms with Crippen LogP contribution in [0, 0.1) is 0 Å². The molecule has 0 bridgehead atoms. The van der Waals surface area contributed by atoms with Crippen molar-refractivity contribution in [3.05, 3.63) is 36.5 Å². The monoisotopic (exact) mass is 281 g/mol. The molecule has 6 nitrogen and oxygen atoms in total. The predicted molar refractivity (Wildman–Crippen MR) is 83.3 cm³/mol. The van der Waals surface area contributed by atoms with Gasteiger partial charge in [0.05, 0.1) is 18.2 Å². The number of nitrogens with one attached hydrogen (secondary N) is 1. The minimum absolute atomic E-state index is 0.489. The first-order valence-corrected chi connectivity index (χ1v) is 6.47. The van der Waals surface area contributed by atoms with Gasteiger partial charge in [-0.2, -0.15) is 0 Å². The lowest BCUT2D eigenvalue weighted by atomic mass is 10.2. The first-order valence-electron chi connectivity index (χ1n) is 6.47. The van der Waals surface area contributed by atoms with Gasteiger partial charge in [0.15, 0.2) is 5.82 Å². The number of pyridine rings is 1. The van der Waals surface area contributed by atoms with E-state index in [0.29, 0.717) is 17.4 Å². The lowest BCUT2D eigenvalue weighted by molar-refractivity contribution is 0.399. The molecular formula is C15H15N5O. The smallest absolute Gasteiger partial charge is 0.224 e. The van der Waals surface area contributed by atoms with E-state index in [9.17, 15) is 0 Å². The second kappa shape index (κ2) is 5.24. The molecule has 6 heteroatoms. The maximum Gasteiger partial charge on any atom is 0.224 e. The summed E-state index contributed by atoms with van der Waals surface area (Å²) in [6.07, 6.45) is 1.67. The average Bonchev–Trinajstić information content (AvgIpc) is 2.53. The Kier molecular flexibility index (Phi) is 3.27. The van der Waals surface area contributed by atoms with Crippen molar-refractivity contribution >= 4 is 22.4 Å². The maximum absolute atomic E-state index is 5.84. The maximum atomic E-state index is 5.84. The van der Waals surface area contributed by atoms with Crippen molar-refractivity contribution in [3.63, 3.8) is 0 Å². The number of benzene rings is 1. The minimum atomic E-state index is 0.489. The highest BCUT2D eigenvalue weighted by Crippen LogP contribution is 2.29. The van der Waals surface area contributed by atoms with Crippen LogP contribution in [0.25, 0.3) is 22.3 Å². The molecule has 0 aliphatic heterocycles. The van der Waals surface area contributed by atoms with Crippen molar-refractivity contribution in [3.8, 4) is 17.3 Å². The summed E-state index contributed by atoms with van der Waals surface area (Å²) in [6.45, 7) is 0. The van der Waals surface area contributed by atoms with Gasteiger partial charge in [-0.15, -0.1) is 0 Å². The molecule has 0 atom stereocenters. The molecule has 3 aromatic rings. The number of ether oxygens (including phenoxy) is 1. The van der Waals surface area contributed by atoms with E-state index in [1.165, 1.54) is 0 Å². The van der Waals surface area contributed by atoms with E-state index < -0.39 is 0 Å². The van der Waals surface area contributed by atoms with Crippen molar-refractivity contribution < 1.29 is 4.74 Å². The molecule has 106 valence electrons. The number of nitrogens with zero attached hydrogens (tertiary/aromatic N) is 3. The van der Waals surface area contributed by atoms with Crippen LogP contribution in [0.3, 0.4) is 0 Å². The summed E-state index contributed by atoms with van der Waals surface area (Å²) < 4.78 is 5.27. The van der Waals surface area contributed by atoms with Gasteiger partial charge in [0.2, 0.25) is 5.88 Å². The molecule has 3 rings (SSSR count). The van der Waals surface area contributed by atoms with Gasteiger partial charge >= 0.3 is 0 Å². The van der Waals surface area contributed by atoms with E-state index in [4.69, 9.17) is 10.5 Å². The third kappa shape index (κ3) is 2.31. The van der Waals surface area contributed by atoms with Gasteiger partial charge in [-0.05, 0) is 30.3 Å². The van der Waals surface area contributed by atoms with Crippen molar-refractivity contribution in [2.45, 2.75) is 0 Å². The van der Waals surface area contributed by atoms with Crippen molar-refractivity contribution in [2.75, 3.05) is 25.2 Å². The molecule has 0 saturated heterocycles. The zero-order valence-electron chi connectivity index (χ0n) is 11.8. The van der Waals surface area contributed by atoms with Crippen LogP contribution < -0.4 is 15.8 Å². The SMILES string of the molecule is CNc1nc(-c2cccnc2OC)nc2cc(N)ccc12. The van der Waals surface area contributed by atoms with E-state index in [-0.39, 0.29) is 0 Å². The van der Waals surface area contributed by atoms with E-state index in [1.807, 2.05) is 37.4 Å². The summed E-state index contributed by atoms with van der Waals surface area (Å²) in [7, 11) is 3.40. The van der Waals surface area contributed by atoms with Crippen LogP contribution >= 0.6 is 0 Å². The minimum Gasteiger partial charge on any atom is -0.480 e. The standard InChI is InChI=1S/C15H15N5O/c1-17-13-10-6-5-9(16)8-12(10)19-14(20-13)11-4-3-7-18-15(11)21-2/h3-8H,16H2,1-2H3,(H,17,19,20). The molecule has 0 radical (unpaired) electrons. The van der Waals surface area contributed by atoms with E-state index in [1.54, 1.807) is 13.3 Å². The predicted octanol–water partition coefficient (Wildman–Crippen LogP) is 2.32. The highest BCUT2D eigenvalue weighted by atomic mass is 16.5. The second-order valence-electron chi connectivity index (χ2n) is 4.48. The fourth-order valence-electron chi connectivity index (χ4n) is 2.18. The highest BCUT2D eigenvalue weighted by Gasteiger charge is 2.13. The number of nitrogens with two attached hydrogens (primary N) is 1. The number of fused-ring (bicyclic) bond motifs is 1. The number of nitrogen functional groups attached to an aromatic ring is 1. The zero-order chi connectivity index (χ0) is 14.8. The number of methoxy groups -OCH3 is 1. The quantitative estimate of drug-likeness (QED) is 0.717. The molecule has 3 N–H and O–H groups in total. The molecule has 0 unspecified atom stereocenters. The number of hydrogen-bond acceptors (Lipinski definition) is 6. The molecule has 0 saturated carbocycles. The molecule has 0 fully saturated rings. The average molecular weight is 281 g/mol. The Bertz CT molecular complexity index is 803. The van der Waals surface area contributed by atoms with Crippen molar-refractivity contribution in [1.29, 1.82) is 0 Å². The Labute approximate surface area is 122 Å². The fourth-order valence-corrected chi connectivity index (χ4v) is 2.18. The Hall–Kier alpha value is -2.89. The summed E-state index contributed by atoms with van der Waals surface area (Å²) in [5.41, 5.74) is 8.01. The molecule has 0 aliphatic carbocycles. The third-order valence-electron chi connectivity index (χ3n) is 3.16. The largest absolute Gasteiger partial charge is 0.480 e. The summed E-state index contributed by atoms with van der Waals surface area (Å²) in [6, 6.07) is 9.25. The molecule has 0 spiro atoms. The first kappa shape index (κ1) is 13.1. The summed E-state index contributed by atoms with van der Waals surface area (Å²) >= 11 is 0. The molecule has 1 aromatic carbocycles. The third-order valence-corrected chi connectivity index (χ3v) is 3.16. The van der Waals surface area contributed by atoms with Crippen LogP contribution in [0.4, 0.5) is 11.5 Å². The van der Waals surface area contributed by atoms with Crippen LogP contribution in [0.2, 0.25) is 0 Å². The summed E-state index contributed by atoms with van der Waals surface area (Å²) in [4.78, 5) is 13.3. The normalized spacial score (nSPS) is 10.6. The molecule has 2 aromatic heterocycles. The van der Waals surface area contributed by atoms with Gasteiger partial charge < -0.3 is 15.8 Å². The van der Waals surface area contributed by atoms with Gasteiger partial charge in [-0.25, -0.2) is 15.0 Å². The molecule has 0 aliphatic rings. The van der Waals surface area contributed by atoms with Gasteiger partial charge in [-0.3, -0.25) is 0 Å². The second-order valence-corrected chi connectivity index (χ2v) is 4.48. The van der Waals surface area contributed by atoms with Crippen LogP contribution in [-0.2, 0) is 0 Å². The summed E-state index contributed by atoms with van der Waals surface area (Å²) in [5, 5.41) is 4.00.